The van der Waals surface area contributed by atoms with Crippen molar-refractivity contribution in [3.05, 3.63) is 72.4 Å². The number of anilines is 3. The van der Waals surface area contributed by atoms with Crippen molar-refractivity contribution in [3.8, 4) is 11.1 Å². The fourth-order valence-electron chi connectivity index (χ4n) is 2.88. The van der Waals surface area contributed by atoms with Crippen molar-refractivity contribution in [2.24, 2.45) is 0 Å². The molecule has 2 aromatic carbocycles. The van der Waals surface area contributed by atoms with Gasteiger partial charge < -0.3 is 16.4 Å². The molecule has 0 aliphatic heterocycles. The number of aromatic nitrogens is 3. The summed E-state index contributed by atoms with van der Waals surface area (Å²) in [5.74, 6) is 0.447. The van der Waals surface area contributed by atoms with Gasteiger partial charge in [-0.1, -0.05) is 36.4 Å². The van der Waals surface area contributed by atoms with Crippen LogP contribution in [0.25, 0.3) is 16.8 Å². The van der Waals surface area contributed by atoms with Crippen molar-refractivity contribution in [2.45, 2.75) is 13.5 Å². The Morgan fingerprint density at radius 3 is 2.54 bits per heavy atom. The number of carbonyl (C=O) groups is 1. The van der Waals surface area contributed by atoms with Gasteiger partial charge in [-0.15, -0.1) is 5.10 Å². The number of para-hydroxylation sites is 2. The number of carbonyl (C=O) groups excluding carboxylic acids is 1. The molecule has 0 aliphatic carbocycles. The third kappa shape index (κ3) is 3.78. The van der Waals surface area contributed by atoms with Gasteiger partial charge in [-0.3, -0.25) is 4.79 Å². The lowest BCUT2D eigenvalue weighted by Gasteiger charge is -2.05. The average Bonchev–Trinajstić information content (AvgIpc) is 3.10. The van der Waals surface area contributed by atoms with Crippen molar-refractivity contribution in [2.75, 3.05) is 11.1 Å². The number of nitrogens with zero attached hydrogens (tertiary/aromatic N) is 3. The first-order valence-electron chi connectivity index (χ1n) is 8.90. The summed E-state index contributed by atoms with van der Waals surface area (Å²) < 4.78 is 1.74. The molecule has 0 aliphatic rings. The molecule has 0 bridgehead atoms. The van der Waals surface area contributed by atoms with E-state index in [2.05, 4.69) is 20.7 Å². The zero-order valence-electron chi connectivity index (χ0n) is 15.4. The molecule has 7 nitrogen and oxygen atoms in total. The average molecular weight is 372 g/mol. The molecule has 0 unspecified atom stereocenters. The van der Waals surface area contributed by atoms with Crippen LogP contribution in [0, 0.1) is 0 Å². The Bertz CT molecular complexity index is 1130. The molecule has 28 heavy (non-hydrogen) atoms. The smallest absolute Gasteiger partial charge is 0.247 e. The van der Waals surface area contributed by atoms with Gasteiger partial charge in [0.15, 0.2) is 5.65 Å². The second kappa shape index (κ2) is 7.40. The minimum atomic E-state index is -0.0395. The van der Waals surface area contributed by atoms with E-state index in [-0.39, 0.29) is 5.91 Å². The van der Waals surface area contributed by atoms with Crippen LogP contribution < -0.4 is 16.4 Å². The lowest BCUT2D eigenvalue weighted by Crippen LogP contribution is -2.18. The predicted molar refractivity (Wildman–Crippen MR) is 110 cm³/mol. The van der Waals surface area contributed by atoms with Crippen LogP contribution in [0.1, 0.15) is 12.5 Å². The number of nitrogens with one attached hydrogen (secondary N) is 2. The van der Waals surface area contributed by atoms with Gasteiger partial charge >= 0.3 is 0 Å². The van der Waals surface area contributed by atoms with Crippen LogP contribution in [0.2, 0.25) is 0 Å². The van der Waals surface area contributed by atoms with Crippen LogP contribution in [0.4, 0.5) is 17.3 Å². The van der Waals surface area contributed by atoms with Gasteiger partial charge in [0, 0.05) is 25.2 Å². The van der Waals surface area contributed by atoms with Crippen LogP contribution in [-0.2, 0) is 11.3 Å². The summed E-state index contributed by atoms with van der Waals surface area (Å²) in [6.45, 7) is 2.03. The van der Waals surface area contributed by atoms with Crippen molar-refractivity contribution < 1.29 is 4.79 Å². The van der Waals surface area contributed by atoms with E-state index in [9.17, 15) is 4.79 Å². The second-order valence-electron chi connectivity index (χ2n) is 6.47. The summed E-state index contributed by atoms with van der Waals surface area (Å²) in [6, 6.07) is 19.5. The van der Waals surface area contributed by atoms with Crippen LogP contribution >= 0.6 is 0 Å². The number of fused-ring (bicyclic) bond motifs is 1. The molecule has 2 heterocycles. The zero-order chi connectivity index (χ0) is 19.5. The molecule has 0 saturated heterocycles. The molecule has 0 fully saturated rings. The molecule has 4 aromatic rings. The largest absolute Gasteiger partial charge is 0.397 e. The number of hydrogen-bond donors (Lipinski definition) is 3. The maximum Gasteiger partial charge on any atom is 0.247 e. The number of nitrogen functional groups attached to an aromatic ring is 1. The normalized spacial score (nSPS) is 10.8. The van der Waals surface area contributed by atoms with E-state index in [1.807, 2.05) is 66.9 Å². The number of hydrogen-bond acceptors (Lipinski definition) is 5. The molecule has 0 radical (unpaired) electrons. The van der Waals surface area contributed by atoms with Gasteiger partial charge in [-0.05, 0) is 35.4 Å². The van der Waals surface area contributed by atoms with Gasteiger partial charge in [-0.2, -0.15) is 4.98 Å². The monoisotopic (exact) mass is 372 g/mol. The molecular weight excluding hydrogens is 352 g/mol. The standard InChI is InChI=1S/C21H20N6O/c1-14(28)23-12-15-6-8-16(9-7-15)17-10-11-20-25-21(26-27(20)13-17)24-19-5-3-2-4-18(19)22/h2-11,13H,12,22H2,1H3,(H,23,28)(H,24,26). The Balaban J connectivity index is 1.56. The lowest BCUT2D eigenvalue weighted by atomic mass is 10.1. The Morgan fingerprint density at radius 2 is 1.79 bits per heavy atom. The fraction of sp³-hybridized carbons (Fsp3) is 0.0952. The van der Waals surface area contributed by atoms with Crippen LogP contribution in [0.15, 0.2) is 66.9 Å². The Morgan fingerprint density at radius 1 is 1.04 bits per heavy atom. The van der Waals surface area contributed by atoms with Crippen molar-refractivity contribution in [1.82, 2.24) is 19.9 Å². The molecule has 4 rings (SSSR count). The number of pyridine rings is 1. The Labute approximate surface area is 162 Å². The first-order chi connectivity index (χ1) is 13.6. The van der Waals surface area contributed by atoms with E-state index in [0.29, 0.717) is 18.2 Å². The van der Waals surface area contributed by atoms with Crippen LogP contribution in [-0.4, -0.2) is 20.5 Å². The molecule has 140 valence electrons. The van der Waals surface area contributed by atoms with Crippen LogP contribution in [0.3, 0.4) is 0 Å². The topological polar surface area (TPSA) is 97.3 Å². The quantitative estimate of drug-likeness (QED) is 0.467. The van der Waals surface area contributed by atoms with Gasteiger partial charge in [-0.25, -0.2) is 4.52 Å². The first kappa shape index (κ1) is 17.5. The summed E-state index contributed by atoms with van der Waals surface area (Å²) in [6.07, 6.45) is 1.94. The van der Waals surface area contributed by atoms with E-state index < -0.39 is 0 Å². The third-order valence-corrected chi connectivity index (χ3v) is 4.37. The highest BCUT2D eigenvalue weighted by Gasteiger charge is 2.07. The van der Waals surface area contributed by atoms with Gasteiger partial charge in [0.05, 0.1) is 11.4 Å². The third-order valence-electron chi connectivity index (χ3n) is 4.37. The predicted octanol–water partition coefficient (Wildman–Crippen LogP) is 3.36. The summed E-state index contributed by atoms with van der Waals surface area (Å²) in [4.78, 5) is 15.5. The van der Waals surface area contributed by atoms with E-state index in [0.717, 1.165) is 28.0 Å². The zero-order valence-corrected chi connectivity index (χ0v) is 15.4. The summed E-state index contributed by atoms with van der Waals surface area (Å²) in [5.41, 5.74) is 11.2. The van der Waals surface area contributed by atoms with E-state index >= 15 is 0 Å². The molecule has 0 atom stereocenters. The fourth-order valence-corrected chi connectivity index (χ4v) is 2.88. The highest BCUT2D eigenvalue weighted by atomic mass is 16.1. The number of benzene rings is 2. The molecule has 1 amide bonds. The van der Waals surface area contributed by atoms with E-state index in [1.165, 1.54) is 6.92 Å². The Hall–Kier alpha value is -3.87. The molecule has 0 spiro atoms. The lowest BCUT2D eigenvalue weighted by molar-refractivity contribution is -0.119. The van der Waals surface area contributed by atoms with E-state index in [4.69, 9.17) is 5.73 Å². The highest BCUT2D eigenvalue weighted by Crippen LogP contribution is 2.23. The van der Waals surface area contributed by atoms with Crippen molar-refractivity contribution in [1.29, 1.82) is 0 Å². The van der Waals surface area contributed by atoms with Crippen molar-refractivity contribution >= 4 is 28.9 Å². The molecule has 4 N–H and O–H groups in total. The van der Waals surface area contributed by atoms with Crippen molar-refractivity contribution in [3.63, 3.8) is 0 Å². The molecule has 2 aromatic heterocycles. The number of amides is 1. The number of rotatable bonds is 5. The van der Waals surface area contributed by atoms with Gasteiger partial charge in [0.25, 0.3) is 0 Å². The maximum atomic E-state index is 11.0. The van der Waals surface area contributed by atoms with Gasteiger partial charge in [0.1, 0.15) is 0 Å². The SMILES string of the molecule is CC(=O)NCc1ccc(-c2ccc3nc(Nc4ccccc4N)nn3c2)cc1. The Kier molecular flexibility index (Phi) is 4.63. The van der Waals surface area contributed by atoms with E-state index in [1.54, 1.807) is 4.52 Å². The summed E-state index contributed by atoms with van der Waals surface area (Å²) >= 11 is 0. The molecule has 7 heteroatoms. The maximum absolute atomic E-state index is 11.0. The minimum Gasteiger partial charge on any atom is -0.397 e. The summed E-state index contributed by atoms with van der Waals surface area (Å²) in [5, 5.41) is 10.4. The highest BCUT2D eigenvalue weighted by molar-refractivity contribution is 5.73. The van der Waals surface area contributed by atoms with Gasteiger partial charge in [0.2, 0.25) is 11.9 Å². The summed E-state index contributed by atoms with van der Waals surface area (Å²) in [7, 11) is 0. The molecule has 0 saturated carbocycles. The number of nitrogens with two attached hydrogens (primary N) is 1. The molecular formula is C21H20N6O. The minimum absolute atomic E-state index is 0.0395. The second-order valence-corrected chi connectivity index (χ2v) is 6.47. The first-order valence-corrected chi connectivity index (χ1v) is 8.90. The van der Waals surface area contributed by atoms with Crippen LogP contribution in [0.5, 0.6) is 0 Å².